The SMILES string of the molecule is O=C=NC1CCCCS1. The van der Waals surface area contributed by atoms with Gasteiger partial charge in [-0.3, -0.25) is 0 Å². The minimum absolute atomic E-state index is 0.219. The molecular formula is C6H9NOS. The van der Waals surface area contributed by atoms with E-state index >= 15 is 0 Å². The third-order valence-corrected chi connectivity index (χ3v) is 2.60. The van der Waals surface area contributed by atoms with Crippen molar-refractivity contribution >= 4 is 17.8 Å². The molecule has 0 aromatic heterocycles. The first-order valence-electron chi connectivity index (χ1n) is 3.12. The van der Waals surface area contributed by atoms with Crippen molar-refractivity contribution in [2.24, 2.45) is 4.99 Å². The Bertz CT molecular complexity index is 125. The summed E-state index contributed by atoms with van der Waals surface area (Å²) in [4.78, 5) is 13.4. The lowest BCUT2D eigenvalue weighted by molar-refractivity contribution is 0.559. The van der Waals surface area contributed by atoms with Crippen LogP contribution in [0.25, 0.3) is 0 Å². The van der Waals surface area contributed by atoms with Gasteiger partial charge in [-0.1, -0.05) is 0 Å². The molecule has 0 N–H and O–H groups in total. The Morgan fingerprint density at radius 2 is 2.44 bits per heavy atom. The van der Waals surface area contributed by atoms with Crippen molar-refractivity contribution in [1.82, 2.24) is 0 Å². The molecule has 9 heavy (non-hydrogen) atoms. The fourth-order valence-corrected chi connectivity index (χ4v) is 1.98. The average Bonchev–Trinajstić information content (AvgIpc) is 1.91. The van der Waals surface area contributed by atoms with Gasteiger partial charge in [0.05, 0.1) is 0 Å². The topological polar surface area (TPSA) is 29.4 Å². The summed E-state index contributed by atoms with van der Waals surface area (Å²) < 4.78 is 0. The lowest BCUT2D eigenvalue weighted by Gasteiger charge is -2.14. The van der Waals surface area contributed by atoms with Crippen LogP contribution in [0.3, 0.4) is 0 Å². The molecule has 0 aromatic carbocycles. The molecule has 1 aliphatic heterocycles. The van der Waals surface area contributed by atoms with Crippen LogP contribution in [0.5, 0.6) is 0 Å². The molecule has 1 rings (SSSR count). The highest BCUT2D eigenvalue weighted by atomic mass is 32.2. The van der Waals surface area contributed by atoms with Gasteiger partial charge in [0.25, 0.3) is 0 Å². The molecule has 1 heterocycles. The molecular weight excluding hydrogens is 134 g/mol. The maximum absolute atomic E-state index is 9.77. The Balaban J connectivity index is 2.31. The van der Waals surface area contributed by atoms with Crippen LogP contribution in [0.4, 0.5) is 0 Å². The second-order valence-electron chi connectivity index (χ2n) is 2.04. The maximum Gasteiger partial charge on any atom is 0.236 e. The zero-order valence-electron chi connectivity index (χ0n) is 5.17. The van der Waals surface area contributed by atoms with Gasteiger partial charge in [0, 0.05) is 0 Å². The quantitative estimate of drug-likeness (QED) is 0.412. The van der Waals surface area contributed by atoms with Crippen molar-refractivity contribution in [3.05, 3.63) is 0 Å². The molecule has 1 fully saturated rings. The Morgan fingerprint density at radius 1 is 1.56 bits per heavy atom. The first-order chi connectivity index (χ1) is 4.43. The molecule has 0 aliphatic carbocycles. The van der Waals surface area contributed by atoms with Crippen LogP contribution in [0, 0.1) is 0 Å². The molecule has 0 bridgehead atoms. The van der Waals surface area contributed by atoms with Crippen LogP contribution < -0.4 is 0 Å². The van der Waals surface area contributed by atoms with Crippen molar-refractivity contribution in [1.29, 1.82) is 0 Å². The first-order valence-corrected chi connectivity index (χ1v) is 4.17. The highest BCUT2D eigenvalue weighted by Crippen LogP contribution is 2.25. The summed E-state index contributed by atoms with van der Waals surface area (Å²) in [7, 11) is 0. The fourth-order valence-electron chi connectivity index (χ4n) is 0.884. The Labute approximate surface area is 58.7 Å². The van der Waals surface area contributed by atoms with Crippen molar-refractivity contribution in [3.63, 3.8) is 0 Å². The van der Waals surface area contributed by atoms with Crippen molar-refractivity contribution in [2.75, 3.05) is 5.75 Å². The molecule has 3 heteroatoms. The van der Waals surface area contributed by atoms with Crippen LogP contribution in [0.2, 0.25) is 0 Å². The van der Waals surface area contributed by atoms with E-state index in [0.717, 1.165) is 12.2 Å². The number of hydrogen-bond donors (Lipinski definition) is 0. The van der Waals surface area contributed by atoms with E-state index < -0.39 is 0 Å². The van der Waals surface area contributed by atoms with Gasteiger partial charge >= 0.3 is 0 Å². The highest BCUT2D eigenvalue weighted by Gasteiger charge is 2.11. The van der Waals surface area contributed by atoms with E-state index in [9.17, 15) is 4.79 Å². The summed E-state index contributed by atoms with van der Waals surface area (Å²) in [6.45, 7) is 0. The maximum atomic E-state index is 9.77. The number of rotatable bonds is 1. The zero-order chi connectivity index (χ0) is 6.53. The van der Waals surface area contributed by atoms with E-state index in [1.807, 2.05) is 0 Å². The highest BCUT2D eigenvalue weighted by molar-refractivity contribution is 7.99. The lowest BCUT2D eigenvalue weighted by atomic mass is 10.2. The lowest BCUT2D eigenvalue weighted by Crippen LogP contribution is -2.05. The minimum Gasteiger partial charge on any atom is -0.211 e. The first kappa shape index (κ1) is 6.84. The molecule has 0 saturated carbocycles. The number of isocyanates is 1. The van der Waals surface area contributed by atoms with Gasteiger partial charge in [0.1, 0.15) is 5.37 Å². The van der Waals surface area contributed by atoms with Crippen LogP contribution in [-0.2, 0) is 4.79 Å². The van der Waals surface area contributed by atoms with Crippen LogP contribution in [-0.4, -0.2) is 17.2 Å². The standard InChI is InChI=1S/C6H9NOS/c8-5-7-6-3-1-2-4-9-6/h6H,1-4H2. The van der Waals surface area contributed by atoms with Gasteiger partial charge in [-0.2, -0.15) is 4.99 Å². The smallest absolute Gasteiger partial charge is 0.211 e. The molecule has 50 valence electrons. The molecule has 1 saturated heterocycles. The van der Waals surface area contributed by atoms with Gasteiger partial charge in [-0.15, -0.1) is 11.8 Å². The molecule has 0 aromatic rings. The fraction of sp³-hybridized carbons (Fsp3) is 0.833. The van der Waals surface area contributed by atoms with Crippen molar-refractivity contribution in [2.45, 2.75) is 24.6 Å². The molecule has 2 nitrogen and oxygen atoms in total. The molecule has 1 atom stereocenters. The predicted molar refractivity (Wildman–Crippen MR) is 38.2 cm³/mol. The van der Waals surface area contributed by atoms with Crippen LogP contribution in [0.15, 0.2) is 4.99 Å². The number of aliphatic imine (C=N–C) groups is 1. The van der Waals surface area contributed by atoms with Gasteiger partial charge < -0.3 is 0 Å². The predicted octanol–water partition coefficient (Wildman–Crippen LogP) is 1.57. The Kier molecular flexibility index (Phi) is 2.81. The van der Waals surface area contributed by atoms with Crippen molar-refractivity contribution in [3.8, 4) is 0 Å². The van der Waals surface area contributed by atoms with Gasteiger partial charge in [0.2, 0.25) is 6.08 Å². The van der Waals surface area contributed by atoms with Gasteiger partial charge in [-0.05, 0) is 25.0 Å². The molecule has 1 unspecified atom stereocenters. The normalized spacial score (nSPS) is 26.9. The van der Waals surface area contributed by atoms with Gasteiger partial charge in [0.15, 0.2) is 0 Å². The second kappa shape index (κ2) is 3.70. The zero-order valence-corrected chi connectivity index (χ0v) is 5.99. The third kappa shape index (κ3) is 2.20. The average molecular weight is 143 g/mol. The number of carbonyl (C=O) groups excluding carboxylic acids is 1. The van der Waals surface area contributed by atoms with E-state index in [1.165, 1.54) is 12.8 Å². The van der Waals surface area contributed by atoms with Crippen LogP contribution in [0.1, 0.15) is 19.3 Å². The van der Waals surface area contributed by atoms with Crippen LogP contribution >= 0.6 is 11.8 Å². The second-order valence-corrected chi connectivity index (χ2v) is 3.33. The van der Waals surface area contributed by atoms with Gasteiger partial charge in [-0.25, -0.2) is 4.79 Å². The summed E-state index contributed by atoms with van der Waals surface area (Å²) in [5, 5.41) is 0.219. The number of hydrogen-bond acceptors (Lipinski definition) is 3. The van der Waals surface area contributed by atoms with E-state index in [0.29, 0.717) is 0 Å². The Hall–Kier alpha value is -0.270. The molecule has 0 spiro atoms. The number of thioether (sulfide) groups is 1. The summed E-state index contributed by atoms with van der Waals surface area (Å²) >= 11 is 1.76. The summed E-state index contributed by atoms with van der Waals surface area (Å²) in [6, 6.07) is 0. The van der Waals surface area contributed by atoms with E-state index in [-0.39, 0.29) is 5.37 Å². The third-order valence-electron chi connectivity index (χ3n) is 1.35. The van der Waals surface area contributed by atoms with E-state index in [4.69, 9.17) is 0 Å². The molecule has 0 amide bonds. The van der Waals surface area contributed by atoms with E-state index in [1.54, 1.807) is 17.8 Å². The summed E-state index contributed by atoms with van der Waals surface area (Å²) in [5.74, 6) is 1.15. The van der Waals surface area contributed by atoms with E-state index in [2.05, 4.69) is 4.99 Å². The Morgan fingerprint density at radius 3 is 3.00 bits per heavy atom. The van der Waals surface area contributed by atoms with Crippen molar-refractivity contribution < 1.29 is 4.79 Å². The monoisotopic (exact) mass is 143 g/mol. The largest absolute Gasteiger partial charge is 0.236 e. The minimum atomic E-state index is 0.219. The summed E-state index contributed by atoms with van der Waals surface area (Å²) in [5.41, 5.74) is 0. The number of nitrogens with zero attached hydrogens (tertiary/aromatic N) is 1. The summed E-state index contributed by atoms with van der Waals surface area (Å²) in [6.07, 6.45) is 5.13. The molecule has 1 aliphatic rings. The molecule has 0 radical (unpaired) electrons.